The molecule has 3 heteroatoms. The van der Waals surface area contributed by atoms with Gasteiger partial charge in [0.1, 0.15) is 4.84 Å². The van der Waals surface area contributed by atoms with Crippen molar-refractivity contribution in [3.05, 3.63) is 42.1 Å². The zero-order chi connectivity index (χ0) is 9.26. The zero-order valence-electron chi connectivity index (χ0n) is 6.74. The summed E-state index contributed by atoms with van der Waals surface area (Å²) < 4.78 is 0. The average Bonchev–Trinajstić information content (AvgIpc) is 2.17. The predicted octanol–water partition coefficient (Wildman–Crippen LogP) is 3.71. The average molecular weight is 212 g/mol. The fourth-order valence-corrected chi connectivity index (χ4v) is 1.70. The molecular formula is C10H7Cl2N. The molecular weight excluding hydrogens is 205 g/mol. The second-order valence-corrected chi connectivity index (χ2v) is 3.81. The minimum absolute atomic E-state index is 0.493. The van der Waals surface area contributed by atoms with Crippen molar-refractivity contribution in [3.63, 3.8) is 0 Å². The fraction of sp³-hybridized carbons (Fsp3) is 0.100. The number of nitrogens with zero attached hydrogens (tertiary/aromatic N) is 1. The van der Waals surface area contributed by atoms with Gasteiger partial charge in [0.15, 0.2) is 0 Å². The molecule has 0 bridgehead atoms. The summed E-state index contributed by atoms with van der Waals surface area (Å²) in [5.74, 6) is 0. The number of pyridine rings is 1. The molecule has 66 valence electrons. The van der Waals surface area contributed by atoms with Crippen LogP contribution in [-0.4, -0.2) is 4.98 Å². The Balaban J connectivity index is 2.76. The van der Waals surface area contributed by atoms with Crippen LogP contribution in [0.15, 0.2) is 36.5 Å². The third kappa shape index (κ3) is 1.62. The molecule has 0 radical (unpaired) electrons. The van der Waals surface area contributed by atoms with E-state index in [1.807, 2.05) is 30.3 Å². The first-order valence-corrected chi connectivity index (χ1v) is 4.78. The monoisotopic (exact) mass is 211 g/mol. The van der Waals surface area contributed by atoms with Gasteiger partial charge in [-0.05, 0) is 17.7 Å². The van der Waals surface area contributed by atoms with E-state index in [0.29, 0.717) is 0 Å². The predicted molar refractivity (Wildman–Crippen MR) is 56.2 cm³/mol. The fourth-order valence-electron chi connectivity index (χ4n) is 1.32. The Morgan fingerprint density at radius 1 is 1.08 bits per heavy atom. The van der Waals surface area contributed by atoms with Crippen molar-refractivity contribution in [1.82, 2.24) is 4.98 Å². The summed E-state index contributed by atoms with van der Waals surface area (Å²) >= 11 is 11.6. The maximum absolute atomic E-state index is 5.82. The smallest absolute Gasteiger partial charge is 0.133 e. The molecule has 1 aromatic heterocycles. The molecule has 0 aliphatic carbocycles. The van der Waals surface area contributed by atoms with Crippen LogP contribution in [0.4, 0.5) is 0 Å². The highest BCUT2D eigenvalue weighted by Gasteiger charge is 2.07. The van der Waals surface area contributed by atoms with Crippen LogP contribution in [0.5, 0.6) is 0 Å². The molecule has 0 spiro atoms. The van der Waals surface area contributed by atoms with Crippen molar-refractivity contribution >= 4 is 34.1 Å². The van der Waals surface area contributed by atoms with E-state index in [-0.39, 0.29) is 0 Å². The second-order valence-electron chi connectivity index (χ2n) is 2.72. The summed E-state index contributed by atoms with van der Waals surface area (Å²) in [5, 5.41) is 1.01. The molecule has 0 N–H and O–H groups in total. The Labute approximate surface area is 86.3 Å². The standard InChI is InChI=1S/C10H7Cl2N/c11-10(12)8-3-1-5-9-7(8)4-2-6-13-9/h1-6,10H. The maximum atomic E-state index is 5.82. The molecule has 2 aromatic rings. The van der Waals surface area contributed by atoms with Crippen LogP contribution in [0.2, 0.25) is 0 Å². The van der Waals surface area contributed by atoms with Gasteiger partial charge in [0.2, 0.25) is 0 Å². The molecule has 0 aliphatic heterocycles. The van der Waals surface area contributed by atoms with Crippen molar-refractivity contribution in [2.75, 3.05) is 0 Å². The number of benzene rings is 1. The van der Waals surface area contributed by atoms with Gasteiger partial charge in [0.25, 0.3) is 0 Å². The van der Waals surface area contributed by atoms with Gasteiger partial charge in [-0.15, -0.1) is 23.2 Å². The first-order valence-electron chi connectivity index (χ1n) is 3.91. The second kappa shape index (κ2) is 3.52. The van der Waals surface area contributed by atoms with Gasteiger partial charge in [-0.2, -0.15) is 0 Å². The Hall–Kier alpha value is -0.790. The number of halogens is 2. The van der Waals surface area contributed by atoms with E-state index in [1.165, 1.54) is 0 Å². The number of rotatable bonds is 1. The molecule has 0 atom stereocenters. The van der Waals surface area contributed by atoms with Crippen LogP contribution in [0, 0.1) is 0 Å². The Kier molecular flexibility index (Phi) is 2.38. The van der Waals surface area contributed by atoms with E-state index >= 15 is 0 Å². The highest BCUT2D eigenvalue weighted by molar-refractivity contribution is 6.44. The lowest BCUT2D eigenvalue weighted by molar-refractivity contribution is 1.35. The van der Waals surface area contributed by atoms with Gasteiger partial charge >= 0.3 is 0 Å². The first-order chi connectivity index (χ1) is 6.29. The molecule has 0 saturated carbocycles. The van der Waals surface area contributed by atoms with Crippen LogP contribution < -0.4 is 0 Å². The minimum atomic E-state index is -0.493. The summed E-state index contributed by atoms with van der Waals surface area (Å²) in [6, 6.07) is 9.60. The van der Waals surface area contributed by atoms with Crippen LogP contribution in [0.3, 0.4) is 0 Å². The molecule has 2 rings (SSSR count). The summed E-state index contributed by atoms with van der Waals surface area (Å²) in [4.78, 5) is 3.71. The van der Waals surface area contributed by atoms with Crippen LogP contribution >= 0.6 is 23.2 Å². The number of fused-ring (bicyclic) bond motifs is 1. The van der Waals surface area contributed by atoms with Crippen molar-refractivity contribution in [2.24, 2.45) is 0 Å². The minimum Gasteiger partial charge on any atom is -0.256 e. The van der Waals surface area contributed by atoms with E-state index in [4.69, 9.17) is 23.2 Å². The molecule has 0 unspecified atom stereocenters. The zero-order valence-corrected chi connectivity index (χ0v) is 8.26. The number of alkyl halides is 2. The lowest BCUT2D eigenvalue weighted by Gasteiger charge is -2.05. The van der Waals surface area contributed by atoms with Crippen LogP contribution in [0.1, 0.15) is 10.4 Å². The van der Waals surface area contributed by atoms with Crippen molar-refractivity contribution in [3.8, 4) is 0 Å². The van der Waals surface area contributed by atoms with Gasteiger partial charge < -0.3 is 0 Å². The molecule has 1 nitrogen and oxygen atoms in total. The van der Waals surface area contributed by atoms with E-state index in [0.717, 1.165) is 16.5 Å². The normalized spacial score (nSPS) is 11.0. The van der Waals surface area contributed by atoms with E-state index in [9.17, 15) is 0 Å². The van der Waals surface area contributed by atoms with Crippen molar-refractivity contribution in [2.45, 2.75) is 4.84 Å². The first kappa shape index (κ1) is 8.79. The van der Waals surface area contributed by atoms with Crippen LogP contribution in [-0.2, 0) is 0 Å². The third-order valence-electron chi connectivity index (χ3n) is 1.91. The topological polar surface area (TPSA) is 12.9 Å². The van der Waals surface area contributed by atoms with Gasteiger partial charge in [-0.1, -0.05) is 18.2 Å². The highest BCUT2D eigenvalue weighted by Crippen LogP contribution is 2.30. The molecule has 0 saturated heterocycles. The number of hydrogen-bond donors (Lipinski definition) is 0. The molecule has 1 heterocycles. The number of hydrogen-bond acceptors (Lipinski definition) is 1. The molecule has 0 amide bonds. The summed E-state index contributed by atoms with van der Waals surface area (Å²) in [5.41, 5.74) is 1.83. The van der Waals surface area contributed by atoms with E-state index in [1.54, 1.807) is 6.20 Å². The molecule has 0 aliphatic rings. The summed E-state index contributed by atoms with van der Waals surface area (Å²) in [6.07, 6.45) is 1.75. The molecule has 13 heavy (non-hydrogen) atoms. The van der Waals surface area contributed by atoms with Gasteiger partial charge in [-0.25, -0.2) is 0 Å². The maximum Gasteiger partial charge on any atom is 0.133 e. The Morgan fingerprint density at radius 2 is 1.92 bits per heavy atom. The van der Waals surface area contributed by atoms with Crippen molar-refractivity contribution < 1.29 is 0 Å². The van der Waals surface area contributed by atoms with Crippen molar-refractivity contribution in [1.29, 1.82) is 0 Å². The largest absolute Gasteiger partial charge is 0.256 e. The lowest BCUT2D eigenvalue weighted by atomic mass is 10.1. The summed E-state index contributed by atoms with van der Waals surface area (Å²) in [6.45, 7) is 0. The van der Waals surface area contributed by atoms with Gasteiger partial charge in [0.05, 0.1) is 5.52 Å². The van der Waals surface area contributed by atoms with Gasteiger partial charge in [-0.3, -0.25) is 4.98 Å². The third-order valence-corrected chi connectivity index (χ3v) is 2.38. The van der Waals surface area contributed by atoms with E-state index < -0.39 is 4.84 Å². The summed E-state index contributed by atoms with van der Waals surface area (Å²) in [7, 11) is 0. The molecule has 0 fully saturated rings. The lowest BCUT2D eigenvalue weighted by Crippen LogP contribution is -1.85. The van der Waals surface area contributed by atoms with Crippen LogP contribution in [0.25, 0.3) is 10.9 Å². The van der Waals surface area contributed by atoms with E-state index in [2.05, 4.69) is 4.98 Å². The SMILES string of the molecule is ClC(Cl)c1cccc2ncccc12. The van der Waals surface area contributed by atoms with Gasteiger partial charge in [0, 0.05) is 11.6 Å². The highest BCUT2D eigenvalue weighted by atomic mass is 35.5. The Morgan fingerprint density at radius 3 is 2.69 bits per heavy atom. The molecule has 1 aromatic carbocycles. The number of aromatic nitrogens is 1. The Bertz CT molecular complexity index is 421. The quantitative estimate of drug-likeness (QED) is 0.656.